The zero-order valence-electron chi connectivity index (χ0n) is 22.2. The molecule has 2 aromatic heterocycles. The van der Waals surface area contributed by atoms with E-state index in [4.69, 9.17) is 0 Å². The zero-order chi connectivity index (χ0) is 26.4. The van der Waals surface area contributed by atoms with Gasteiger partial charge in [0.2, 0.25) is 0 Å². The smallest absolute Gasteiger partial charge is 0.175 e. The third-order valence-electron chi connectivity index (χ3n) is 10.8. The van der Waals surface area contributed by atoms with E-state index < -0.39 is 17.1 Å². The Labute approximate surface area is 231 Å². The minimum absolute atomic E-state index is 0.113. The third-order valence-corrected chi connectivity index (χ3v) is 13.0. The monoisotopic (exact) mass is 549 g/mol. The van der Waals surface area contributed by atoms with E-state index in [2.05, 4.69) is 30.0 Å². The van der Waals surface area contributed by atoms with Gasteiger partial charge in [-0.05, 0) is 85.5 Å². The number of aryl methyl sites for hydroxylation is 1. The number of para-hydroxylation sites is 1. The summed E-state index contributed by atoms with van der Waals surface area (Å²) in [6.45, 7) is 4.41. The lowest BCUT2D eigenvalue weighted by Gasteiger charge is -2.60. The number of thiazole rings is 1. The predicted molar refractivity (Wildman–Crippen MR) is 151 cm³/mol. The second-order valence-corrected chi connectivity index (χ2v) is 14.8. The van der Waals surface area contributed by atoms with Crippen molar-refractivity contribution < 1.29 is 15.0 Å². The molecule has 1 aromatic carbocycles. The highest BCUT2D eigenvalue weighted by atomic mass is 32.2. The number of allylic oxidation sites excluding steroid dienone is 1. The maximum Gasteiger partial charge on any atom is 0.175 e. The van der Waals surface area contributed by atoms with Gasteiger partial charge in [0.1, 0.15) is 5.60 Å². The molecule has 8 heteroatoms. The molecule has 2 heterocycles. The quantitative estimate of drug-likeness (QED) is 0.431. The molecule has 6 nitrogen and oxygen atoms in total. The number of carbonyl (C=O) groups is 1. The number of rotatable bonds is 4. The number of benzene rings is 1. The SMILES string of the molecule is Cn1ncc2c1C=C1CC[C@@H]3[C@H]([C@@H](O)C[C@@]4(C)[C@H]3CC[C@]4(O)C(=O)CSc3nc4ccccc4s3)[C@@]1(C)C2. The Balaban J connectivity index is 1.14. The first-order chi connectivity index (χ1) is 18.1. The summed E-state index contributed by atoms with van der Waals surface area (Å²) < 4.78 is 3.92. The number of hydrogen-bond acceptors (Lipinski definition) is 7. The molecule has 3 saturated carbocycles. The first-order valence-electron chi connectivity index (χ1n) is 13.8. The predicted octanol–water partition coefficient (Wildman–Crippen LogP) is 5.28. The highest BCUT2D eigenvalue weighted by molar-refractivity contribution is 8.01. The van der Waals surface area contributed by atoms with Crippen LogP contribution < -0.4 is 0 Å². The van der Waals surface area contributed by atoms with Gasteiger partial charge in [-0.1, -0.05) is 43.3 Å². The van der Waals surface area contributed by atoms with Crippen molar-refractivity contribution in [1.29, 1.82) is 0 Å². The fourth-order valence-corrected chi connectivity index (χ4v) is 11.0. The Morgan fingerprint density at radius 3 is 2.89 bits per heavy atom. The minimum Gasteiger partial charge on any atom is -0.393 e. The second kappa shape index (κ2) is 8.50. The number of thioether (sulfide) groups is 1. The van der Waals surface area contributed by atoms with Gasteiger partial charge in [-0.3, -0.25) is 9.48 Å². The molecule has 2 N–H and O–H groups in total. The van der Waals surface area contributed by atoms with Gasteiger partial charge in [-0.2, -0.15) is 5.10 Å². The van der Waals surface area contributed by atoms with E-state index >= 15 is 0 Å². The van der Waals surface area contributed by atoms with Crippen molar-refractivity contribution in [3.05, 3.63) is 47.3 Å². The topological polar surface area (TPSA) is 88.2 Å². The van der Waals surface area contributed by atoms with Crippen LogP contribution >= 0.6 is 23.1 Å². The summed E-state index contributed by atoms with van der Waals surface area (Å²) in [7, 11) is 2.00. The van der Waals surface area contributed by atoms with Gasteiger partial charge < -0.3 is 10.2 Å². The lowest BCUT2D eigenvalue weighted by molar-refractivity contribution is -0.177. The number of ketones is 1. The summed E-state index contributed by atoms with van der Waals surface area (Å²) >= 11 is 3.02. The van der Waals surface area contributed by atoms with E-state index in [-0.39, 0.29) is 28.8 Å². The molecule has 0 bridgehead atoms. The van der Waals surface area contributed by atoms with Crippen LogP contribution in [0.25, 0.3) is 16.3 Å². The van der Waals surface area contributed by atoms with E-state index in [1.54, 1.807) is 11.3 Å². The molecule has 3 fully saturated rings. The van der Waals surface area contributed by atoms with Crippen LogP contribution in [0.3, 0.4) is 0 Å². The Kier molecular flexibility index (Phi) is 5.59. The molecule has 0 radical (unpaired) electrons. The summed E-state index contributed by atoms with van der Waals surface area (Å²) in [5, 5.41) is 28.3. The van der Waals surface area contributed by atoms with Crippen molar-refractivity contribution in [3.63, 3.8) is 0 Å². The molecule has 38 heavy (non-hydrogen) atoms. The molecule has 0 amide bonds. The first kappa shape index (κ1) is 25.0. The Hall–Kier alpha value is -2.00. The van der Waals surface area contributed by atoms with Crippen LogP contribution in [0.2, 0.25) is 0 Å². The molecule has 200 valence electrons. The van der Waals surface area contributed by atoms with Crippen molar-refractivity contribution in [2.45, 2.75) is 68.4 Å². The van der Waals surface area contributed by atoms with Gasteiger partial charge in [-0.15, -0.1) is 11.3 Å². The molecule has 0 spiro atoms. The summed E-state index contributed by atoms with van der Waals surface area (Å²) in [5.74, 6) is 0.743. The van der Waals surface area contributed by atoms with Gasteiger partial charge in [0, 0.05) is 12.5 Å². The van der Waals surface area contributed by atoms with Gasteiger partial charge in [0.05, 0.1) is 34.0 Å². The maximum absolute atomic E-state index is 13.7. The number of hydrogen-bond donors (Lipinski definition) is 2. The largest absolute Gasteiger partial charge is 0.393 e. The van der Waals surface area contributed by atoms with E-state index in [0.717, 1.165) is 40.2 Å². The van der Waals surface area contributed by atoms with Crippen LogP contribution in [-0.2, 0) is 18.3 Å². The number of Topliss-reactive ketones (excluding diaryl/α,β-unsaturated/α-hetero) is 1. The third kappa shape index (κ3) is 3.36. The van der Waals surface area contributed by atoms with Gasteiger partial charge in [0.15, 0.2) is 10.1 Å². The van der Waals surface area contributed by atoms with Gasteiger partial charge in [-0.25, -0.2) is 4.98 Å². The van der Waals surface area contributed by atoms with E-state index in [0.29, 0.717) is 18.8 Å². The molecule has 4 aliphatic rings. The zero-order valence-corrected chi connectivity index (χ0v) is 23.8. The van der Waals surface area contributed by atoms with Gasteiger partial charge in [0.25, 0.3) is 0 Å². The molecule has 4 aliphatic carbocycles. The normalized spacial score (nSPS) is 37.8. The second-order valence-electron chi connectivity index (χ2n) is 12.5. The number of aliphatic hydroxyl groups is 2. The summed E-state index contributed by atoms with van der Waals surface area (Å²) in [6, 6.07) is 8.00. The minimum atomic E-state index is -1.41. The molecule has 0 unspecified atom stereocenters. The van der Waals surface area contributed by atoms with Crippen LogP contribution in [0, 0.1) is 28.6 Å². The highest BCUT2D eigenvalue weighted by Gasteiger charge is 2.68. The molecular formula is C30H35N3O3S2. The number of fused-ring (bicyclic) bond motifs is 7. The van der Waals surface area contributed by atoms with Crippen LogP contribution in [0.4, 0.5) is 0 Å². The Morgan fingerprint density at radius 1 is 1.26 bits per heavy atom. The molecule has 7 rings (SSSR count). The van der Waals surface area contributed by atoms with Crippen LogP contribution in [0.5, 0.6) is 0 Å². The molecule has 0 aliphatic heterocycles. The molecule has 7 atom stereocenters. The Morgan fingerprint density at radius 2 is 2.08 bits per heavy atom. The van der Waals surface area contributed by atoms with Crippen LogP contribution in [-0.4, -0.2) is 48.2 Å². The lowest BCUT2D eigenvalue weighted by Crippen LogP contribution is -2.62. The van der Waals surface area contributed by atoms with E-state index in [9.17, 15) is 15.0 Å². The molecular weight excluding hydrogens is 514 g/mol. The fourth-order valence-electron chi connectivity index (χ4n) is 8.94. The summed E-state index contributed by atoms with van der Waals surface area (Å²) in [6.07, 6.45) is 8.43. The summed E-state index contributed by atoms with van der Waals surface area (Å²) in [4.78, 5) is 18.4. The van der Waals surface area contributed by atoms with Crippen molar-refractivity contribution in [2.24, 2.45) is 35.6 Å². The highest BCUT2D eigenvalue weighted by Crippen LogP contribution is 2.67. The van der Waals surface area contributed by atoms with Crippen LogP contribution in [0.1, 0.15) is 57.2 Å². The number of aliphatic hydroxyl groups excluding tert-OH is 1. The molecule has 0 saturated heterocycles. The van der Waals surface area contributed by atoms with Gasteiger partial charge >= 0.3 is 0 Å². The fraction of sp³-hybridized carbons (Fsp3) is 0.567. The summed E-state index contributed by atoms with van der Waals surface area (Å²) in [5.41, 5.74) is 2.67. The average molecular weight is 550 g/mol. The van der Waals surface area contributed by atoms with E-state index in [1.165, 1.54) is 28.6 Å². The number of aromatic nitrogens is 3. The van der Waals surface area contributed by atoms with Crippen molar-refractivity contribution >= 4 is 45.2 Å². The van der Waals surface area contributed by atoms with E-state index in [1.807, 2.05) is 42.2 Å². The first-order valence-corrected chi connectivity index (χ1v) is 15.6. The van der Waals surface area contributed by atoms with Crippen LogP contribution in [0.15, 0.2) is 40.4 Å². The lowest BCUT2D eigenvalue weighted by atomic mass is 9.45. The number of carbonyl (C=O) groups excluding carboxylic acids is 1. The standard InChI is InChI=1S/C30H35N3O3S2/c1-28-13-17-15-31-33(3)22(17)12-18(28)8-9-19-20-10-11-30(36,29(20,2)14-23(34)26(19)28)25(35)16-37-27-32-21-6-4-5-7-24(21)38-27/h4-7,12,15,19-20,23,26,34,36H,8-11,13-14,16H2,1-3H3/t19-,20-,23-,26+,28-,29-,30-/m0/s1. The number of nitrogens with zero attached hydrogens (tertiary/aromatic N) is 3. The molecule has 3 aromatic rings. The van der Waals surface area contributed by atoms with Crippen molar-refractivity contribution in [1.82, 2.24) is 14.8 Å². The maximum atomic E-state index is 13.7. The van der Waals surface area contributed by atoms with Crippen molar-refractivity contribution in [3.8, 4) is 0 Å². The average Bonchev–Trinajstić information content (AvgIpc) is 3.54. The Bertz CT molecular complexity index is 1450. The van der Waals surface area contributed by atoms with Crippen molar-refractivity contribution in [2.75, 3.05) is 5.75 Å².